The topological polar surface area (TPSA) is 9.23 Å². The summed E-state index contributed by atoms with van der Waals surface area (Å²) in [7, 11) is 1.74. The Morgan fingerprint density at radius 1 is 1.15 bits per heavy atom. The summed E-state index contributed by atoms with van der Waals surface area (Å²) < 4.78 is 4.98. The van der Waals surface area contributed by atoms with Gasteiger partial charge in [-0.25, -0.2) is 0 Å². The lowest BCUT2D eigenvalue weighted by atomic mass is 10.1. The van der Waals surface area contributed by atoms with Crippen LogP contribution < -0.4 is 0 Å². The summed E-state index contributed by atoms with van der Waals surface area (Å²) in [4.78, 5) is 0. The third-order valence-electron chi connectivity index (χ3n) is 1.98. The molecule has 0 unspecified atom stereocenters. The van der Waals surface area contributed by atoms with Gasteiger partial charge in [0, 0.05) is 18.7 Å². The van der Waals surface area contributed by atoms with Crippen molar-refractivity contribution < 1.29 is 4.74 Å². The Bertz CT molecular complexity index is 230. The van der Waals surface area contributed by atoms with Crippen LogP contribution in [0.15, 0.2) is 24.3 Å². The molecule has 1 aromatic rings. The van der Waals surface area contributed by atoms with Crippen molar-refractivity contribution in [3.8, 4) is 0 Å². The number of ether oxygens (including phenoxy) is 1. The summed E-state index contributed by atoms with van der Waals surface area (Å²) in [5.41, 5.74) is 1.35. The molecule has 2 heteroatoms. The second kappa shape index (κ2) is 6.01. The Morgan fingerprint density at radius 3 is 2.46 bits per heavy atom. The van der Waals surface area contributed by atoms with Gasteiger partial charge in [0.15, 0.2) is 0 Å². The molecule has 0 bridgehead atoms. The van der Waals surface area contributed by atoms with Gasteiger partial charge in [-0.3, -0.25) is 0 Å². The maximum Gasteiger partial charge on any atom is 0.0462 e. The molecular formula is C11H15ClO. The summed E-state index contributed by atoms with van der Waals surface area (Å²) in [6.07, 6.45) is 3.41. The average molecular weight is 199 g/mol. The highest BCUT2D eigenvalue weighted by Crippen LogP contribution is 2.11. The number of hydrogen-bond donors (Lipinski definition) is 0. The Hall–Kier alpha value is -0.530. The number of methoxy groups -OCH3 is 1. The van der Waals surface area contributed by atoms with E-state index < -0.39 is 0 Å². The first-order valence-corrected chi connectivity index (χ1v) is 4.94. The van der Waals surface area contributed by atoms with E-state index in [-0.39, 0.29) is 0 Å². The van der Waals surface area contributed by atoms with Crippen molar-refractivity contribution in [1.82, 2.24) is 0 Å². The van der Waals surface area contributed by atoms with Crippen LogP contribution in [0.1, 0.15) is 18.4 Å². The van der Waals surface area contributed by atoms with Crippen molar-refractivity contribution in [3.05, 3.63) is 34.9 Å². The summed E-state index contributed by atoms with van der Waals surface area (Å²) in [5.74, 6) is 0. The molecule has 1 aromatic carbocycles. The molecule has 0 saturated heterocycles. The van der Waals surface area contributed by atoms with E-state index >= 15 is 0 Å². The molecule has 1 rings (SSSR count). The highest BCUT2D eigenvalue weighted by molar-refractivity contribution is 6.30. The number of hydrogen-bond acceptors (Lipinski definition) is 1. The van der Waals surface area contributed by atoms with Crippen molar-refractivity contribution in [3.63, 3.8) is 0 Å². The van der Waals surface area contributed by atoms with Crippen LogP contribution in [0.2, 0.25) is 5.02 Å². The zero-order chi connectivity index (χ0) is 9.52. The van der Waals surface area contributed by atoms with Gasteiger partial charge in [-0.15, -0.1) is 0 Å². The van der Waals surface area contributed by atoms with Crippen molar-refractivity contribution in [1.29, 1.82) is 0 Å². The van der Waals surface area contributed by atoms with Crippen LogP contribution in [0.25, 0.3) is 0 Å². The van der Waals surface area contributed by atoms with Crippen LogP contribution in [0.3, 0.4) is 0 Å². The van der Waals surface area contributed by atoms with Crippen LogP contribution in [-0.2, 0) is 11.2 Å². The van der Waals surface area contributed by atoms with E-state index in [0.717, 1.165) is 24.5 Å². The molecule has 0 aliphatic carbocycles. The Labute approximate surface area is 84.7 Å². The molecule has 72 valence electrons. The maximum atomic E-state index is 5.78. The zero-order valence-electron chi connectivity index (χ0n) is 7.92. The summed E-state index contributed by atoms with van der Waals surface area (Å²) in [6, 6.07) is 8.03. The number of rotatable bonds is 5. The molecule has 0 atom stereocenters. The fourth-order valence-corrected chi connectivity index (χ4v) is 1.35. The smallest absolute Gasteiger partial charge is 0.0462 e. The van der Waals surface area contributed by atoms with Crippen LogP contribution in [0.5, 0.6) is 0 Å². The SMILES string of the molecule is COCCCCc1ccc(Cl)cc1. The van der Waals surface area contributed by atoms with E-state index in [1.165, 1.54) is 12.0 Å². The number of unbranched alkanes of at least 4 members (excludes halogenated alkanes) is 1. The molecule has 0 heterocycles. The normalized spacial score (nSPS) is 10.3. The van der Waals surface area contributed by atoms with Gasteiger partial charge in [-0.1, -0.05) is 23.7 Å². The molecule has 0 N–H and O–H groups in total. The van der Waals surface area contributed by atoms with E-state index in [1.54, 1.807) is 7.11 Å². The minimum absolute atomic E-state index is 0.806. The molecule has 0 aliphatic heterocycles. The minimum atomic E-state index is 0.806. The highest BCUT2D eigenvalue weighted by atomic mass is 35.5. The van der Waals surface area contributed by atoms with Gasteiger partial charge >= 0.3 is 0 Å². The monoisotopic (exact) mass is 198 g/mol. The third-order valence-corrected chi connectivity index (χ3v) is 2.23. The van der Waals surface area contributed by atoms with E-state index in [9.17, 15) is 0 Å². The summed E-state index contributed by atoms with van der Waals surface area (Å²) >= 11 is 5.78. The minimum Gasteiger partial charge on any atom is -0.385 e. The van der Waals surface area contributed by atoms with Crippen molar-refractivity contribution >= 4 is 11.6 Å². The Balaban J connectivity index is 2.25. The van der Waals surface area contributed by atoms with E-state index in [4.69, 9.17) is 16.3 Å². The molecule has 0 radical (unpaired) electrons. The van der Waals surface area contributed by atoms with Gasteiger partial charge in [0.25, 0.3) is 0 Å². The van der Waals surface area contributed by atoms with Crippen LogP contribution in [0, 0.1) is 0 Å². The Kier molecular flexibility index (Phi) is 4.87. The highest BCUT2D eigenvalue weighted by Gasteiger charge is 1.93. The van der Waals surface area contributed by atoms with Gasteiger partial charge in [0.2, 0.25) is 0 Å². The van der Waals surface area contributed by atoms with E-state index in [0.29, 0.717) is 0 Å². The first-order chi connectivity index (χ1) is 6.33. The molecule has 0 amide bonds. The molecule has 0 aromatic heterocycles. The molecule has 0 fully saturated rings. The number of benzene rings is 1. The first-order valence-electron chi connectivity index (χ1n) is 4.56. The number of halogens is 1. The molecule has 0 spiro atoms. The quantitative estimate of drug-likeness (QED) is 0.660. The largest absolute Gasteiger partial charge is 0.385 e. The van der Waals surface area contributed by atoms with Gasteiger partial charge in [0.1, 0.15) is 0 Å². The third kappa shape index (κ3) is 4.30. The van der Waals surface area contributed by atoms with Gasteiger partial charge in [-0.2, -0.15) is 0 Å². The van der Waals surface area contributed by atoms with Gasteiger partial charge < -0.3 is 4.74 Å². The Morgan fingerprint density at radius 2 is 1.85 bits per heavy atom. The molecule has 0 saturated carbocycles. The zero-order valence-corrected chi connectivity index (χ0v) is 8.68. The van der Waals surface area contributed by atoms with Crippen LogP contribution in [-0.4, -0.2) is 13.7 Å². The first kappa shape index (κ1) is 10.6. The lowest BCUT2D eigenvalue weighted by Gasteiger charge is -2.00. The average Bonchev–Trinajstić information content (AvgIpc) is 2.15. The summed E-state index contributed by atoms with van der Waals surface area (Å²) in [6.45, 7) is 0.855. The van der Waals surface area contributed by atoms with Crippen LogP contribution >= 0.6 is 11.6 Å². The van der Waals surface area contributed by atoms with E-state index in [1.807, 2.05) is 12.1 Å². The number of aryl methyl sites for hydroxylation is 1. The fourth-order valence-electron chi connectivity index (χ4n) is 1.23. The predicted molar refractivity (Wildman–Crippen MR) is 56.3 cm³/mol. The maximum absolute atomic E-state index is 5.78. The van der Waals surface area contributed by atoms with Crippen LogP contribution in [0.4, 0.5) is 0 Å². The lowest BCUT2D eigenvalue weighted by molar-refractivity contribution is 0.193. The lowest BCUT2D eigenvalue weighted by Crippen LogP contribution is -1.91. The fraction of sp³-hybridized carbons (Fsp3) is 0.455. The predicted octanol–water partition coefficient (Wildman–Crippen LogP) is 3.31. The molecular weight excluding hydrogens is 184 g/mol. The van der Waals surface area contributed by atoms with Crippen molar-refractivity contribution in [2.24, 2.45) is 0 Å². The van der Waals surface area contributed by atoms with Crippen molar-refractivity contribution in [2.45, 2.75) is 19.3 Å². The second-order valence-corrected chi connectivity index (χ2v) is 3.51. The molecule has 1 nitrogen and oxygen atoms in total. The van der Waals surface area contributed by atoms with Gasteiger partial charge in [-0.05, 0) is 37.0 Å². The van der Waals surface area contributed by atoms with E-state index in [2.05, 4.69) is 12.1 Å². The second-order valence-electron chi connectivity index (χ2n) is 3.08. The molecule has 0 aliphatic rings. The standard InChI is InChI=1S/C11H15ClO/c1-13-9-3-2-4-10-5-7-11(12)8-6-10/h5-8H,2-4,9H2,1H3. The molecule has 13 heavy (non-hydrogen) atoms. The van der Waals surface area contributed by atoms with Gasteiger partial charge in [0.05, 0.1) is 0 Å². The van der Waals surface area contributed by atoms with Crippen molar-refractivity contribution in [2.75, 3.05) is 13.7 Å². The summed E-state index contributed by atoms with van der Waals surface area (Å²) in [5, 5.41) is 0.806.